The highest BCUT2D eigenvalue weighted by atomic mass is 35.5. The van der Waals surface area contributed by atoms with Crippen molar-refractivity contribution in [2.24, 2.45) is 11.8 Å². The van der Waals surface area contributed by atoms with Crippen LogP contribution in [0.2, 0.25) is 0 Å². The van der Waals surface area contributed by atoms with E-state index in [0.717, 1.165) is 19.4 Å². The molecule has 6 nitrogen and oxygen atoms in total. The standard InChI is InChI=1S/C18H28N2O4S.ClH/c1-14(18(21)20-10-8-15(9-11-20)12-19-2)13-25(22,23)17-6-4-16(24-3)5-7-17;/h4-7,14-15,19H,8-13H2,1-3H3;1H. The van der Waals surface area contributed by atoms with Gasteiger partial charge >= 0.3 is 0 Å². The van der Waals surface area contributed by atoms with Gasteiger partial charge < -0.3 is 15.0 Å². The first-order chi connectivity index (χ1) is 11.9. The minimum atomic E-state index is -3.50. The topological polar surface area (TPSA) is 75.7 Å². The Hall–Kier alpha value is -1.31. The van der Waals surface area contributed by atoms with E-state index in [0.29, 0.717) is 24.8 Å². The first-order valence-corrected chi connectivity index (χ1v) is 10.3. The van der Waals surface area contributed by atoms with Crippen molar-refractivity contribution in [3.63, 3.8) is 0 Å². The van der Waals surface area contributed by atoms with Crippen molar-refractivity contribution >= 4 is 28.2 Å². The Kier molecular flexibility index (Phi) is 8.86. The third-order valence-corrected chi connectivity index (χ3v) is 6.66. The van der Waals surface area contributed by atoms with E-state index in [-0.39, 0.29) is 29.0 Å². The summed E-state index contributed by atoms with van der Waals surface area (Å²) in [6.07, 6.45) is 1.93. The number of nitrogens with zero attached hydrogens (tertiary/aromatic N) is 1. The van der Waals surface area contributed by atoms with Gasteiger partial charge in [0, 0.05) is 19.0 Å². The number of rotatable bonds is 7. The van der Waals surface area contributed by atoms with Crippen LogP contribution in [0.1, 0.15) is 19.8 Å². The maximum absolute atomic E-state index is 12.6. The lowest BCUT2D eigenvalue weighted by atomic mass is 9.96. The van der Waals surface area contributed by atoms with Crippen molar-refractivity contribution in [2.45, 2.75) is 24.7 Å². The van der Waals surface area contributed by atoms with E-state index in [9.17, 15) is 13.2 Å². The van der Waals surface area contributed by atoms with Crippen LogP contribution in [0, 0.1) is 11.8 Å². The quantitative estimate of drug-likeness (QED) is 0.752. The largest absolute Gasteiger partial charge is 0.497 e. The van der Waals surface area contributed by atoms with Crippen molar-refractivity contribution < 1.29 is 17.9 Å². The van der Waals surface area contributed by atoms with Crippen LogP contribution in [0.5, 0.6) is 5.75 Å². The van der Waals surface area contributed by atoms with E-state index in [4.69, 9.17) is 4.74 Å². The van der Waals surface area contributed by atoms with E-state index in [1.54, 1.807) is 24.0 Å². The number of hydrogen-bond donors (Lipinski definition) is 1. The minimum absolute atomic E-state index is 0. The molecule has 0 radical (unpaired) electrons. The second-order valence-electron chi connectivity index (χ2n) is 6.68. The van der Waals surface area contributed by atoms with Gasteiger partial charge in [-0.05, 0) is 56.6 Å². The first-order valence-electron chi connectivity index (χ1n) is 8.67. The van der Waals surface area contributed by atoms with Crippen LogP contribution in [0.25, 0.3) is 0 Å². The lowest BCUT2D eigenvalue weighted by Crippen LogP contribution is -2.43. The number of amides is 1. The average molecular weight is 405 g/mol. The molecule has 1 aliphatic rings. The van der Waals surface area contributed by atoms with Crippen LogP contribution >= 0.6 is 12.4 Å². The number of piperidine rings is 1. The van der Waals surface area contributed by atoms with Crippen LogP contribution in [0.15, 0.2) is 29.2 Å². The molecule has 1 N–H and O–H groups in total. The maximum atomic E-state index is 12.6. The maximum Gasteiger partial charge on any atom is 0.226 e. The fourth-order valence-corrected chi connectivity index (χ4v) is 4.78. The predicted molar refractivity (Wildman–Crippen MR) is 105 cm³/mol. The smallest absolute Gasteiger partial charge is 0.226 e. The zero-order chi connectivity index (χ0) is 18.4. The molecule has 1 fully saturated rings. The van der Waals surface area contributed by atoms with Crippen LogP contribution in [0.3, 0.4) is 0 Å². The summed E-state index contributed by atoms with van der Waals surface area (Å²) >= 11 is 0. The van der Waals surface area contributed by atoms with E-state index in [1.807, 2.05) is 7.05 Å². The van der Waals surface area contributed by atoms with E-state index in [1.165, 1.54) is 19.2 Å². The van der Waals surface area contributed by atoms with Gasteiger partial charge in [-0.2, -0.15) is 0 Å². The summed E-state index contributed by atoms with van der Waals surface area (Å²) in [5.41, 5.74) is 0. The molecule has 0 spiro atoms. The summed E-state index contributed by atoms with van der Waals surface area (Å²) in [5.74, 6) is 0.405. The lowest BCUT2D eigenvalue weighted by molar-refractivity contribution is -0.135. The monoisotopic (exact) mass is 404 g/mol. The van der Waals surface area contributed by atoms with Crippen molar-refractivity contribution in [1.29, 1.82) is 0 Å². The normalized spacial score (nSPS) is 16.7. The number of methoxy groups -OCH3 is 1. The highest BCUT2D eigenvalue weighted by Gasteiger charge is 2.29. The fourth-order valence-electron chi connectivity index (χ4n) is 3.24. The Morgan fingerprint density at radius 3 is 2.35 bits per heavy atom. The Labute approximate surface area is 162 Å². The van der Waals surface area contributed by atoms with Gasteiger partial charge in [0.15, 0.2) is 9.84 Å². The van der Waals surface area contributed by atoms with Gasteiger partial charge in [-0.15, -0.1) is 12.4 Å². The zero-order valence-electron chi connectivity index (χ0n) is 15.6. The summed E-state index contributed by atoms with van der Waals surface area (Å²) in [7, 11) is -0.0347. The second kappa shape index (κ2) is 10.1. The predicted octanol–water partition coefficient (Wildman–Crippen LogP) is 1.98. The molecule has 148 valence electrons. The molecule has 8 heteroatoms. The molecule has 1 heterocycles. The molecule has 0 bridgehead atoms. The van der Waals surface area contributed by atoms with Crippen LogP contribution in [0.4, 0.5) is 0 Å². The third kappa shape index (κ3) is 5.86. The van der Waals surface area contributed by atoms with Crippen molar-refractivity contribution in [2.75, 3.05) is 39.5 Å². The number of carbonyl (C=O) groups is 1. The molecule has 26 heavy (non-hydrogen) atoms. The van der Waals surface area contributed by atoms with Gasteiger partial charge in [0.1, 0.15) is 5.75 Å². The molecule has 0 aromatic heterocycles. The number of nitrogens with one attached hydrogen (secondary N) is 1. The van der Waals surface area contributed by atoms with Crippen LogP contribution in [-0.2, 0) is 14.6 Å². The highest BCUT2D eigenvalue weighted by molar-refractivity contribution is 7.91. The van der Waals surface area contributed by atoms with Gasteiger partial charge in [0.2, 0.25) is 5.91 Å². The van der Waals surface area contributed by atoms with Crippen LogP contribution in [-0.4, -0.2) is 58.8 Å². The molecule has 0 aliphatic carbocycles. The Morgan fingerprint density at radius 1 is 1.27 bits per heavy atom. The molecule has 1 aromatic carbocycles. The van der Waals surface area contributed by atoms with Gasteiger partial charge in [-0.3, -0.25) is 4.79 Å². The van der Waals surface area contributed by atoms with Gasteiger partial charge in [-0.1, -0.05) is 6.92 Å². The number of hydrogen-bond acceptors (Lipinski definition) is 5. The van der Waals surface area contributed by atoms with Gasteiger partial charge in [-0.25, -0.2) is 8.42 Å². The molecule has 1 unspecified atom stereocenters. The van der Waals surface area contributed by atoms with E-state index < -0.39 is 15.8 Å². The van der Waals surface area contributed by atoms with Gasteiger partial charge in [0.25, 0.3) is 0 Å². The zero-order valence-corrected chi connectivity index (χ0v) is 17.2. The van der Waals surface area contributed by atoms with Crippen molar-refractivity contribution in [3.8, 4) is 5.75 Å². The van der Waals surface area contributed by atoms with Crippen LogP contribution < -0.4 is 10.1 Å². The Balaban J connectivity index is 0.00000338. The van der Waals surface area contributed by atoms with E-state index in [2.05, 4.69) is 5.32 Å². The van der Waals surface area contributed by atoms with Crippen molar-refractivity contribution in [3.05, 3.63) is 24.3 Å². The lowest BCUT2D eigenvalue weighted by Gasteiger charge is -2.33. The molecule has 1 aliphatic heterocycles. The Morgan fingerprint density at radius 2 is 1.85 bits per heavy atom. The highest BCUT2D eigenvalue weighted by Crippen LogP contribution is 2.21. The summed E-state index contributed by atoms with van der Waals surface area (Å²) in [6, 6.07) is 6.28. The number of ether oxygens (including phenoxy) is 1. The summed E-state index contributed by atoms with van der Waals surface area (Å²) < 4.78 is 30.1. The van der Waals surface area contributed by atoms with Crippen molar-refractivity contribution in [1.82, 2.24) is 10.2 Å². The molecule has 2 rings (SSSR count). The SMILES string of the molecule is CNCC1CCN(C(=O)C(C)CS(=O)(=O)c2ccc(OC)cc2)CC1.Cl. The minimum Gasteiger partial charge on any atom is -0.497 e. The average Bonchev–Trinajstić information content (AvgIpc) is 2.61. The second-order valence-corrected chi connectivity index (χ2v) is 8.72. The Bertz CT molecular complexity index is 671. The first kappa shape index (κ1) is 22.7. The summed E-state index contributed by atoms with van der Waals surface area (Å²) in [5, 5.41) is 3.17. The molecule has 1 atom stereocenters. The number of halogens is 1. The number of benzene rings is 1. The van der Waals surface area contributed by atoms with Gasteiger partial charge in [0.05, 0.1) is 17.8 Å². The molecular formula is C18H29ClN2O4S. The molecule has 1 amide bonds. The molecule has 1 saturated heterocycles. The number of carbonyl (C=O) groups excluding carboxylic acids is 1. The summed E-state index contributed by atoms with van der Waals surface area (Å²) in [6.45, 7) is 4.07. The number of likely N-dealkylation sites (tertiary alicyclic amines) is 1. The van der Waals surface area contributed by atoms with E-state index >= 15 is 0 Å². The summed E-state index contributed by atoms with van der Waals surface area (Å²) in [4.78, 5) is 14.6. The number of sulfone groups is 1. The third-order valence-electron chi connectivity index (χ3n) is 4.73. The fraction of sp³-hybridized carbons (Fsp3) is 0.611. The molecule has 1 aromatic rings. The molecular weight excluding hydrogens is 376 g/mol. The molecule has 0 saturated carbocycles.